The molecule has 1 aliphatic carbocycles. The van der Waals surface area contributed by atoms with E-state index in [2.05, 4.69) is 9.79 Å². The number of hydroxylamine groups is 1. The molecule has 4 rings (SSSR count). The number of hydrogen-bond acceptors (Lipinski definition) is 7. The Morgan fingerprint density at radius 2 is 2.00 bits per heavy atom. The summed E-state index contributed by atoms with van der Waals surface area (Å²) in [5.41, 5.74) is -1.54. The van der Waals surface area contributed by atoms with Crippen LogP contribution >= 0.6 is 0 Å². The van der Waals surface area contributed by atoms with Crippen molar-refractivity contribution in [1.82, 2.24) is 10.1 Å². The second-order valence-corrected chi connectivity index (χ2v) is 6.32. The van der Waals surface area contributed by atoms with Crippen molar-refractivity contribution in [3.63, 3.8) is 0 Å². The predicted octanol–water partition coefficient (Wildman–Crippen LogP) is -1.15. The fraction of sp³-hybridized carbons (Fsp3) is 0.769. The van der Waals surface area contributed by atoms with Crippen LogP contribution in [0, 0.1) is 10.4 Å². The third-order valence-electron chi connectivity index (χ3n) is 5.13. The van der Waals surface area contributed by atoms with Crippen molar-refractivity contribution in [2.45, 2.75) is 37.5 Å². The molecule has 0 unspecified atom stereocenters. The van der Waals surface area contributed by atoms with E-state index >= 15 is 0 Å². The van der Waals surface area contributed by atoms with Crippen LogP contribution in [0.3, 0.4) is 0 Å². The molecule has 1 fully saturated rings. The van der Waals surface area contributed by atoms with Gasteiger partial charge in [0.05, 0.1) is 19.6 Å². The van der Waals surface area contributed by atoms with Crippen molar-refractivity contribution in [1.29, 1.82) is 0 Å². The largest absolute Gasteiger partial charge is 0.622 e. The first kappa shape index (κ1) is 13.9. The van der Waals surface area contributed by atoms with E-state index in [4.69, 9.17) is 4.74 Å². The van der Waals surface area contributed by atoms with E-state index in [1.807, 2.05) is 11.8 Å². The molecular formula is C13H18N4O5. The van der Waals surface area contributed by atoms with E-state index in [1.165, 1.54) is 0 Å². The van der Waals surface area contributed by atoms with Crippen LogP contribution in [0.5, 0.6) is 0 Å². The summed E-state index contributed by atoms with van der Waals surface area (Å²) in [5, 5.41) is 39.3. The zero-order chi connectivity index (χ0) is 15.5. The van der Waals surface area contributed by atoms with E-state index in [-0.39, 0.29) is 12.1 Å². The highest BCUT2D eigenvalue weighted by atomic mass is 16.8. The van der Waals surface area contributed by atoms with Crippen LogP contribution < -0.4 is 4.90 Å². The zero-order valence-corrected chi connectivity index (χ0v) is 12.3. The number of hydrogen-bond donors (Lipinski definition) is 1. The molecule has 1 aromatic rings. The quantitative estimate of drug-likeness (QED) is 0.514. The summed E-state index contributed by atoms with van der Waals surface area (Å²) in [4.78, 5) is 2.35. The minimum atomic E-state index is -1.53. The van der Waals surface area contributed by atoms with Gasteiger partial charge in [-0.1, -0.05) is 0 Å². The maximum Gasteiger partial charge on any atom is 0.263 e. The van der Waals surface area contributed by atoms with Gasteiger partial charge >= 0.3 is 0 Å². The number of morpholine rings is 1. The van der Waals surface area contributed by atoms with Crippen molar-refractivity contribution in [2.24, 2.45) is 0 Å². The minimum absolute atomic E-state index is 0.165. The molecule has 2 aliphatic heterocycles. The Kier molecular flexibility index (Phi) is 2.78. The lowest BCUT2D eigenvalue weighted by Crippen LogP contribution is -2.55. The second kappa shape index (κ2) is 4.40. The van der Waals surface area contributed by atoms with Crippen molar-refractivity contribution >= 4 is 5.71 Å². The number of fused-ring (bicyclic) bond motifs is 3. The molecule has 9 heteroatoms. The summed E-state index contributed by atoms with van der Waals surface area (Å²) in [6.07, 6.45) is 0.840. The molecule has 2 atom stereocenters. The van der Waals surface area contributed by atoms with E-state index < -0.39 is 11.3 Å². The van der Waals surface area contributed by atoms with Gasteiger partial charge in [-0.25, -0.2) is 4.90 Å². The van der Waals surface area contributed by atoms with Gasteiger partial charge in [-0.3, -0.25) is 4.63 Å². The summed E-state index contributed by atoms with van der Waals surface area (Å²) >= 11 is 0. The van der Waals surface area contributed by atoms with Gasteiger partial charge in [0.1, 0.15) is 0 Å². The summed E-state index contributed by atoms with van der Waals surface area (Å²) in [6.45, 7) is 4.21. The molecule has 0 aromatic carbocycles. The van der Waals surface area contributed by atoms with Gasteiger partial charge in [-0.15, -0.1) is 0 Å². The molecule has 1 saturated heterocycles. The average Bonchev–Trinajstić information content (AvgIpc) is 2.99. The first-order valence-corrected chi connectivity index (χ1v) is 7.45. The molecule has 1 aromatic heterocycles. The molecule has 3 heterocycles. The van der Waals surface area contributed by atoms with Crippen molar-refractivity contribution in [3.05, 3.63) is 21.8 Å². The molecule has 0 radical (unpaired) electrons. The van der Waals surface area contributed by atoms with Gasteiger partial charge in [-0.2, -0.15) is 4.74 Å². The normalized spacial score (nSPS) is 35.5. The van der Waals surface area contributed by atoms with Crippen molar-refractivity contribution in [2.75, 3.05) is 26.3 Å². The topological polar surface area (TPSA) is 112 Å². The first-order chi connectivity index (χ1) is 10.5. The van der Waals surface area contributed by atoms with Crippen LogP contribution in [-0.2, 0) is 16.8 Å². The maximum atomic E-state index is 12.9. The van der Waals surface area contributed by atoms with Crippen LogP contribution in [0.15, 0.2) is 4.63 Å². The van der Waals surface area contributed by atoms with E-state index in [9.17, 15) is 15.5 Å². The van der Waals surface area contributed by atoms with Crippen LogP contribution in [0.2, 0.25) is 0 Å². The highest BCUT2D eigenvalue weighted by molar-refractivity contribution is 5.92. The third kappa shape index (κ3) is 1.61. The first-order valence-electron chi connectivity index (χ1n) is 7.45. The van der Waals surface area contributed by atoms with Gasteiger partial charge in [-0.05, 0) is 4.90 Å². The summed E-state index contributed by atoms with van der Waals surface area (Å²) in [5.74, 6) is 0. The fourth-order valence-electron chi connectivity index (χ4n) is 3.96. The van der Waals surface area contributed by atoms with Crippen LogP contribution in [-0.4, -0.2) is 57.6 Å². The fourth-order valence-corrected chi connectivity index (χ4v) is 3.96. The van der Waals surface area contributed by atoms with Gasteiger partial charge in [0.15, 0.2) is 0 Å². The summed E-state index contributed by atoms with van der Waals surface area (Å²) in [7, 11) is 0. The number of nitrogens with zero attached hydrogens (tertiary/aromatic N) is 4. The predicted molar refractivity (Wildman–Crippen MR) is 71.7 cm³/mol. The summed E-state index contributed by atoms with van der Waals surface area (Å²) < 4.78 is 10.9. The Morgan fingerprint density at radius 3 is 2.73 bits per heavy atom. The molecule has 0 saturated carbocycles. The van der Waals surface area contributed by atoms with Crippen molar-refractivity contribution in [3.8, 4) is 0 Å². The monoisotopic (exact) mass is 310 g/mol. The Hall–Kier alpha value is -1.71. The average molecular weight is 310 g/mol. The lowest BCUT2D eigenvalue weighted by Gasteiger charge is -2.38. The molecule has 1 N–H and O–H groups in total. The van der Waals surface area contributed by atoms with Crippen molar-refractivity contribution < 1.29 is 24.1 Å². The van der Waals surface area contributed by atoms with E-state index in [0.29, 0.717) is 55.5 Å². The molecule has 9 nitrogen and oxygen atoms in total. The number of ether oxygens (including phenoxy) is 1. The molecular weight excluding hydrogens is 292 g/mol. The third-order valence-corrected chi connectivity index (χ3v) is 5.13. The molecule has 0 amide bonds. The van der Waals surface area contributed by atoms with E-state index in [0.717, 1.165) is 4.74 Å². The standard InChI is InChI=1S/C13H18N4O5/c1-12(15-4-6-21-7-5-15)8-13(18)10(16(12)19)3-2-9-11(13)14-22-17(9)20/h18H,2-8H2,1H3/t12-,13-/m0/s1. The zero-order valence-electron chi connectivity index (χ0n) is 12.3. The maximum absolute atomic E-state index is 12.9. The van der Waals surface area contributed by atoms with E-state index in [1.54, 1.807) is 0 Å². The SMILES string of the molecule is C[C@@]1(N2CCOCC2)C[C@]2(O)C(=[N+]1[O-])CCc1c2no[n+]1[O-]. The molecule has 0 bridgehead atoms. The molecule has 22 heavy (non-hydrogen) atoms. The van der Waals surface area contributed by atoms with Crippen LogP contribution in [0.1, 0.15) is 31.2 Å². The Balaban J connectivity index is 1.78. The minimum Gasteiger partial charge on any atom is -0.622 e. The van der Waals surface area contributed by atoms with Gasteiger partial charge in [0.25, 0.3) is 5.69 Å². The van der Waals surface area contributed by atoms with Crippen LogP contribution in [0.25, 0.3) is 0 Å². The second-order valence-electron chi connectivity index (χ2n) is 6.32. The van der Waals surface area contributed by atoms with Crippen LogP contribution in [0.4, 0.5) is 0 Å². The Morgan fingerprint density at radius 1 is 1.27 bits per heavy atom. The van der Waals surface area contributed by atoms with Gasteiger partial charge < -0.3 is 20.3 Å². The molecule has 3 aliphatic rings. The number of aromatic nitrogens is 2. The van der Waals surface area contributed by atoms with Gasteiger partial charge in [0, 0.05) is 38.0 Å². The highest BCUT2D eigenvalue weighted by Crippen LogP contribution is 2.45. The number of rotatable bonds is 1. The summed E-state index contributed by atoms with van der Waals surface area (Å²) in [6, 6.07) is 0. The number of aliphatic hydroxyl groups is 1. The molecule has 120 valence electrons. The lowest BCUT2D eigenvalue weighted by molar-refractivity contribution is -0.808. The smallest absolute Gasteiger partial charge is 0.263 e. The Labute approximate surface area is 126 Å². The van der Waals surface area contributed by atoms with Gasteiger partial charge in [0.2, 0.25) is 22.7 Å². The molecule has 0 spiro atoms. The lowest BCUT2D eigenvalue weighted by atomic mass is 9.81. The Bertz CT molecular complexity index is 653. The highest BCUT2D eigenvalue weighted by Gasteiger charge is 2.65.